The average Bonchev–Trinajstić information content (AvgIpc) is 3.46. The summed E-state index contributed by atoms with van der Waals surface area (Å²) in [5.41, 5.74) is 4.37. The van der Waals surface area contributed by atoms with Gasteiger partial charge in [-0.1, -0.05) is 60.7 Å². The Bertz CT molecular complexity index is 1340. The van der Waals surface area contributed by atoms with Crippen LogP contribution in [0.3, 0.4) is 0 Å². The largest absolute Gasteiger partial charge is 0.493 e. The molecule has 0 amide bonds. The second kappa shape index (κ2) is 11.7. The predicted octanol–water partition coefficient (Wildman–Crippen LogP) is 8.26. The summed E-state index contributed by atoms with van der Waals surface area (Å²) in [4.78, 5) is 2.29. The van der Waals surface area contributed by atoms with Crippen molar-refractivity contribution in [2.45, 2.75) is 13.2 Å². The zero-order chi connectivity index (χ0) is 25.5. The molecule has 0 aliphatic heterocycles. The predicted molar refractivity (Wildman–Crippen MR) is 150 cm³/mol. The Morgan fingerprint density at radius 2 is 0.919 bits per heavy atom. The zero-order valence-corrected chi connectivity index (χ0v) is 21.7. The van der Waals surface area contributed by atoms with E-state index in [0.717, 1.165) is 43.5 Å². The number of hydrogen-bond donors (Lipinski definition) is 0. The maximum Gasteiger partial charge on any atom is 0.162 e. The van der Waals surface area contributed by atoms with E-state index in [0.29, 0.717) is 24.7 Å². The Labute approximate surface area is 221 Å². The van der Waals surface area contributed by atoms with Crippen molar-refractivity contribution in [2.75, 3.05) is 14.2 Å². The third kappa shape index (κ3) is 5.96. The van der Waals surface area contributed by atoms with Crippen LogP contribution in [-0.4, -0.2) is 14.2 Å². The van der Waals surface area contributed by atoms with Crippen LogP contribution in [0.25, 0.3) is 20.9 Å². The summed E-state index contributed by atoms with van der Waals surface area (Å²) in [5, 5.41) is 0. The average molecular weight is 509 g/mol. The van der Waals surface area contributed by atoms with Gasteiger partial charge < -0.3 is 18.9 Å². The fraction of sp³-hybridized carbons (Fsp3) is 0.125. The summed E-state index contributed by atoms with van der Waals surface area (Å²) in [6, 6.07) is 36.6. The van der Waals surface area contributed by atoms with E-state index in [1.165, 1.54) is 0 Å². The van der Waals surface area contributed by atoms with Gasteiger partial charge in [0.15, 0.2) is 23.0 Å². The Balaban J connectivity index is 1.36. The third-order valence-electron chi connectivity index (χ3n) is 5.98. The fourth-order valence-electron chi connectivity index (χ4n) is 4.00. The van der Waals surface area contributed by atoms with Crippen LogP contribution in [-0.2, 0) is 13.2 Å². The lowest BCUT2D eigenvalue weighted by Crippen LogP contribution is -1.97. The van der Waals surface area contributed by atoms with E-state index in [1.807, 2.05) is 60.7 Å². The fourth-order valence-corrected chi connectivity index (χ4v) is 5.00. The first-order chi connectivity index (χ1) is 18.2. The molecule has 0 N–H and O–H groups in total. The van der Waals surface area contributed by atoms with E-state index < -0.39 is 0 Å². The molecule has 1 aromatic heterocycles. The second-order valence-corrected chi connectivity index (χ2v) is 9.53. The molecule has 0 atom stereocenters. The highest BCUT2D eigenvalue weighted by Crippen LogP contribution is 2.40. The summed E-state index contributed by atoms with van der Waals surface area (Å²) >= 11 is 1.72. The van der Waals surface area contributed by atoms with E-state index >= 15 is 0 Å². The molecule has 0 spiro atoms. The molecular weight excluding hydrogens is 480 g/mol. The first-order valence-corrected chi connectivity index (χ1v) is 12.9. The molecule has 0 saturated carbocycles. The molecular formula is C32H28O4S. The number of thiophene rings is 1. The van der Waals surface area contributed by atoms with Crippen LogP contribution in [0, 0.1) is 0 Å². The van der Waals surface area contributed by atoms with Crippen molar-refractivity contribution in [3.8, 4) is 43.9 Å². The van der Waals surface area contributed by atoms with Crippen LogP contribution in [0.2, 0.25) is 0 Å². The zero-order valence-electron chi connectivity index (χ0n) is 20.8. The van der Waals surface area contributed by atoms with Crippen LogP contribution in [0.1, 0.15) is 11.1 Å². The van der Waals surface area contributed by atoms with Gasteiger partial charge in [-0.25, -0.2) is 0 Å². The number of rotatable bonds is 10. The second-order valence-electron chi connectivity index (χ2n) is 8.44. The highest BCUT2D eigenvalue weighted by atomic mass is 32.1. The summed E-state index contributed by atoms with van der Waals surface area (Å²) in [5.74, 6) is 2.87. The molecule has 0 bridgehead atoms. The smallest absolute Gasteiger partial charge is 0.162 e. The number of ether oxygens (including phenoxy) is 4. The first-order valence-electron chi connectivity index (χ1n) is 12.0. The van der Waals surface area contributed by atoms with Gasteiger partial charge in [-0.15, -0.1) is 11.3 Å². The van der Waals surface area contributed by atoms with Crippen molar-refractivity contribution in [1.29, 1.82) is 0 Å². The van der Waals surface area contributed by atoms with Gasteiger partial charge in [0.2, 0.25) is 0 Å². The molecule has 0 radical (unpaired) electrons. The lowest BCUT2D eigenvalue weighted by molar-refractivity contribution is 0.284. The van der Waals surface area contributed by atoms with E-state index in [2.05, 4.69) is 48.5 Å². The molecule has 0 unspecified atom stereocenters. The third-order valence-corrected chi connectivity index (χ3v) is 7.16. The highest BCUT2D eigenvalue weighted by molar-refractivity contribution is 7.18. The van der Waals surface area contributed by atoms with E-state index in [1.54, 1.807) is 25.6 Å². The molecule has 37 heavy (non-hydrogen) atoms. The molecule has 0 fully saturated rings. The van der Waals surface area contributed by atoms with Gasteiger partial charge in [0.25, 0.3) is 0 Å². The van der Waals surface area contributed by atoms with Crippen LogP contribution >= 0.6 is 11.3 Å². The molecule has 0 saturated heterocycles. The van der Waals surface area contributed by atoms with Gasteiger partial charge in [-0.2, -0.15) is 0 Å². The molecule has 0 aliphatic rings. The van der Waals surface area contributed by atoms with Crippen molar-refractivity contribution < 1.29 is 18.9 Å². The monoisotopic (exact) mass is 508 g/mol. The van der Waals surface area contributed by atoms with E-state index in [4.69, 9.17) is 18.9 Å². The SMILES string of the molecule is COc1ccc(-c2ccc(-c3ccc(OC)c(OCc4ccccc4)c3)s2)cc1OCc1ccccc1. The molecule has 5 rings (SSSR count). The van der Waals surface area contributed by atoms with Crippen LogP contribution in [0.5, 0.6) is 23.0 Å². The minimum Gasteiger partial charge on any atom is -0.493 e. The lowest BCUT2D eigenvalue weighted by Gasteiger charge is -2.12. The van der Waals surface area contributed by atoms with Crippen LogP contribution in [0.4, 0.5) is 0 Å². The van der Waals surface area contributed by atoms with Gasteiger partial charge in [-0.3, -0.25) is 0 Å². The van der Waals surface area contributed by atoms with Crippen molar-refractivity contribution in [1.82, 2.24) is 0 Å². The van der Waals surface area contributed by atoms with Crippen molar-refractivity contribution in [3.63, 3.8) is 0 Å². The topological polar surface area (TPSA) is 36.9 Å². The normalized spacial score (nSPS) is 10.6. The van der Waals surface area contributed by atoms with Crippen LogP contribution < -0.4 is 18.9 Å². The number of hydrogen-bond acceptors (Lipinski definition) is 5. The quantitative estimate of drug-likeness (QED) is 0.190. The maximum absolute atomic E-state index is 6.12. The minimum atomic E-state index is 0.480. The van der Waals surface area contributed by atoms with Gasteiger partial charge in [0.1, 0.15) is 13.2 Å². The Hall–Kier alpha value is -4.22. The summed E-state index contributed by atoms with van der Waals surface area (Å²) < 4.78 is 23.3. The maximum atomic E-state index is 6.12. The summed E-state index contributed by atoms with van der Waals surface area (Å²) in [6.07, 6.45) is 0. The molecule has 0 aliphatic carbocycles. The summed E-state index contributed by atoms with van der Waals surface area (Å²) in [7, 11) is 3.32. The Morgan fingerprint density at radius 3 is 1.32 bits per heavy atom. The number of benzene rings is 4. The first kappa shape index (κ1) is 24.5. The van der Waals surface area contributed by atoms with Crippen molar-refractivity contribution in [2.24, 2.45) is 0 Å². The molecule has 186 valence electrons. The number of methoxy groups -OCH3 is 2. The van der Waals surface area contributed by atoms with E-state index in [-0.39, 0.29) is 0 Å². The molecule has 5 heteroatoms. The Morgan fingerprint density at radius 1 is 0.486 bits per heavy atom. The lowest BCUT2D eigenvalue weighted by atomic mass is 10.1. The standard InChI is InChI=1S/C32H28O4S/c1-33-27-15-13-25(19-29(27)35-21-23-9-5-3-6-10-23)31-17-18-32(37-31)26-14-16-28(34-2)30(20-26)36-22-24-11-7-4-8-12-24/h3-20H,21-22H2,1-2H3. The molecule has 4 aromatic carbocycles. The van der Waals surface area contributed by atoms with Crippen molar-refractivity contribution >= 4 is 11.3 Å². The van der Waals surface area contributed by atoms with Crippen LogP contribution in [0.15, 0.2) is 109 Å². The summed E-state index contributed by atoms with van der Waals surface area (Å²) in [6.45, 7) is 0.960. The van der Waals surface area contributed by atoms with Gasteiger partial charge in [0.05, 0.1) is 14.2 Å². The molecule has 4 nitrogen and oxygen atoms in total. The molecule has 5 aromatic rings. The van der Waals surface area contributed by atoms with Crippen molar-refractivity contribution in [3.05, 3.63) is 120 Å². The van der Waals surface area contributed by atoms with Gasteiger partial charge in [-0.05, 0) is 70.8 Å². The highest BCUT2D eigenvalue weighted by Gasteiger charge is 2.13. The van der Waals surface area contributed by atoms with Gasteiger partial charge in [0, 0.05) is 9.75 Å². The minimum absolute atomic E-state index is 0.480. The van der Waals surface area contributed by atoms with E-state index in [9.17, 15) is 0 Å². The molecule has 1 heterocycles. The Kier molecular flexibility index (Phi) is 7.72. The van der Waals surface area contributed by atoms with Gasteiger partial charge >= 0.3 is 0 Å².